The third-order valence-electron chi connectivity index (χ3n) is 7.32. The first kappa shape index (κ1) is 31.4. The van der Waals surface area contributed by atoms with E-state index in [1.807, 2.05) is 13.8 Å². The van der Waals surface area contributed by atoms with E-state index < -0.39 is 42.1 Å². The average Bonchev–Trinajstić information content (AvgIpc) is 2.91. The molecule has 0 saturated carbocycles. The van der Waals surface area contributed by atoms with Crippen LogP contribution < -0.4 is 11.2 Å². The molecule has 4 N–H and O–H groups in total. The van der Waals surface area contributed by atoms with Crippen LogP contribution >= 0.6 is 0 Å². The summed E-state index contributed by atoms with van der Waals surface area (Å²) in [7, 11) is 0. The Kier molecular flexibility index (Phi) is 11.8. The van der Waals surface area contributed by atoms with Crippen LogP contribution in [0.1, 0.15) is 82.3 Å². The first-order chi connectivity index (χ1) is 19.2. The van der Waals surface area contributed by atoms with E-state index in [1.165, 1.54) is 36.7 Å². The van der Waals surface area contributed by atoms with Gasteiger partial charge in [0.25, 0.3) is 5.56 Å². The summed E-state index contributed by atoms with van der Waals surface area (Å²) in [4.78, 5) is 47.2. The lowest BCUT2D eigenvalue weighted by molar-refractivity contribution is -0.164. The van der Waals surface area contributed by atoms with Gasteiger partial charge in [-0.05, 0) is 43.5 Å². The zero-order chi connectivity index (χ0) is 29.2. The number of aryl methyl sites for hydroxylation is 2. The average molecular weight is 559 g/mol. The molecule has 3 rings (SSSR count). The van der Waals surface area contributed by atoms with Crippen molar-refractivity contribution in [1.29, 1.82) is 0 Å². The lowest BCUT2D eigenvalue weighted by Crippen LogP contribution is -2.44. The summed E-state index contributed by atoms with van der Waals surface area (Å²) in [5.74, 6) is -0.616. The van der Waals surface area contributed by atoms with Crippen LogP contribution in [0.4, 0.5) is 0 Å². The molecule has 0 spiro atoms. The number of aliphatic hydroxyl groups excluding tert-OH is 3. The van der Waals surface area contributed by atoms with Crippen LogP contribution in [-0.4, -0.2) is 65.7 Å². The number of nitrogens with one attached hydrogen (secondary N) is 1. The van der Waals surface area contributed by atoms with E-state index >= 15 is 0 Å². The van der Waals surface area contributed by atoms with Gasteiger partial charge < -0.3 is 24.6 Å². The van der Waals surface area contributed by atoms with Crippen molar-refractivity contribution in [3.05, 3.63) is 44.1 Å². The molecule has 2 aliphatic heterocycles. The largest absolute Gasteiger partial charge is 0.457 e. The number of aliphatic hydroxyl groups is 3. The van der Waals surface area contributed by atoms with Crippen molar-refractivity contribution in [3.8, 4) is 11.5 Å². The van der Waals surface area contributed by atoms with E-state index in [1.54, 1.807) is 12.1 Å². The third kappa shape index (κ3) is 8.18. The Balaban J connectivity index is 1.66. The second kappa shape index (κ2) is 15.0. The SMILES string of the molecule is CCCCCCCCCCCC(=O)OC(CO)C(O)C(O)Cn1c2nc(=O)[nH]c(=O)c-2nc2cc(C)c(C)cc21. The number of fused-ring (bicyclic) bond motifs is 2. The van der Waals surface area contributed by atoms with Crippen molar-refractivity contribution < 1.29 is 24.9 Å². The van der Waals surface area contributed by atoms with Crippen molar-refractivity contribution >= 4 is 17.0 Å². The highest BCUT2D eigenvalue weighted by atomic mass is 16.6. The highest BCUT2D eigenvalue weighted by molar-refractivity contribution is 5.81. The lowest BCUT2D eigenvalue weighted by atomic mass is 10.1. The Labute approximate surface area is 233 Å². The number of unbranched alkanes of at least 4 members (excludes halogenated alkanes) is 8. The molecule has 0 aromatic heterocycles. The molecule has 0 aliphatic carbocycles. The standard InChI is InChI=1S/C29H42N4O7/c1-4-5-6-7-8-9-10-11-12-13-24(36)40-23(17-34)26(37)22(35)16-33-21-15-19(3)18(2)14-20(21)30-25-27(33)31-29(39)32-28(25)38/h14-15,22-23,26,34-35,37H,4-13,16-17H2,1-3H3,(H,32,38,39). The van der Waals surface area contributed by atoms with Crippen LogP contribution in [-0.2, 0) is 16.1 Å². The minimum Gasteiger partial charge on any atom is -0.457 e. The molecule has 11 nitrogen and oxygen atoms in total. The van der Waals surface area contributed by atoms with E-state index in [0.29, 0.717) is 17.5 Å². The molecule has 11 heteroatoms. The molecule has 0 bridgehead atoms. The fourth-order valence-corrected chi connectivity index (χ4v) is 4.80. The van der Waals surface area contributed by atoms with Crippen molar-refractivity contribution in [1.82, 2.24) is 19.5 Å². The van der Waals surface area contributed by atoms with Gasteiger partial charge in [-0.25, -0.2) is 9.78 Å². The Morgan fingerprint density at radius 3 is 2.25 bits per heavy atom. The molecule has 0 radical (unpaired) electrons. The maximum Gasteiger partial charge on any atom is 0.349 e. The first-order valence-electron chi connectivity index (χ1n) is 14.2. The Bertz CT molecular complexity index is 1350. The molecule has 0 saturated heterocycles. The number of hydrogen-bond acceptors (Lipinski definition) is 9. The molecular weight excluding hydrogens is 516 g/mol. The lowest BCUT2D eigenvalue weighted by Gasteiger charge is -2.27. The quantitative estimate of drug-likeness (QED) is 0.117. The van der Waals surface area contributed by atoms with Crippen LogP contribution in [0.3, 0.4) is 0 Å². The summed E-state index contributed by atoms with van der Waals surface area (Å²) in [6.07, 6.45) is 5.53. The van der Waals surface area contributed by atoms with Gasteiger partial charge in [0.05, 0.1) is 24.2 Å². The van der Waals surface area contributed by atoms with E-state index in [-0.39, 0.29) is 24.5 Å². The fraction of sp³-hybridized carbons (Fsp3) is 0.621. The molecule has 3 atom stereocenters. The Morgan fingerprint density at radius 1 is 0.975 bits per heavy atom. The number of carbonyl (C=O) groups is 1. The molecule has 0 amide bonds. The monoisotopic (exact) mass is 558 g/mol. The van der Waals surface area contributed by atoms with Gasteiger partial charge >= 0.3 is 11.7 Å². The minimum atomic E-state index is -1.64. The van der Waals surface area contributed by atoms with E-state index in [9.17, 15) is 29.7 Å². The molecule has 3 unspecified atom stereocenters. The maximum atomic E-state index is 12.5. The molecule has 220 valence electrons. The molecule has 1 aromatic rings. The van der Waals surface area contributed by atoms with E-state index in [2.05, 4.69) is 21.9 Å². The number of esters is 1. The minimum absolute atomic E-state index is 0.0568. The zero-order valence-electron chi connectivity index (χ0n) is 23.7. The number of benzene rings is 1. The second-order valence-corrected chi connectivity index (χ2v) is 10.5. The van der Waals surface area contributed by atoms with Crippen molar-refractivity contribution in [2.45, 2.75) is 110 Å². The highest BCUT2D eigenvalue weighted by Gasteiger charge is 2.31. The first-order valence-corrected chi connectivity index (χ1v) is 14.2. The molecule has 40 heavy (non-hydrogen) atoms. The zero-order valence-corrected chi connectivity index (χ0v) is 23.7. The van der Waals surface area contributed by atoms with Crippen LogP contribution in [0.2, 0.25) is 0 Å². The summed E-state index contributed by atoms with van der Waals surface area (Å²) in [6.45, 7) is 4.97. The van der Waals surface area contributed by atoms with Crippen LogP contribution in [0.5, 0.6) is 0 Å². The molecule has 0 fully saturated rings. The predicted octanol–water partition coefficient (Wildman–Crippen LogP) is 2.75. The third-order valence-corrected chi connectivity index (χ3v) is 7.32. The number of nitrogens with zero attached hydrogens (tertiary/aromatic N) is 3. The van der Waals surface area contributed by atoms with Crippen molar-refractivity contribution in [2.75, 3.05) is 6.61 Å². The number of H-pyrrole nitrogens is 1. The smallest absolute Gasteiger partial charge is 0.349 e. The van der Waals surface area contributed by atoms with Crippen LogP contribution in [0, 0.1) is 13.8 Å². The maximum absolute atomic E-state index is 12.5. The van der Waals surface area contributed by atoms with E-state index in [0.717, 1.165) is 30.4 Å². The van der Waals surface area contributed by atoms with E-state index in [4.69, 9.17) is 4.74 Å². The number of rotatable bonds is 16. The van der Waals surface area contributed by atoms with Gasteiger partial charge in [-0.15, -0.1) is 0 Å². The van der Waals surface area contributed by atoms with Crippen molar-refractivity contribution in [2.24, 2.45) is 0 Å². The van der Waals surface area contributed by atoms with Gasteiger partial charge in [0.15, 0.2) is 17.6 Å². The topological polar surface area (TPSA) is 168 Å². The summed E-state index contributed by atoms with van der Waals surface area (Å²) >= 11 is 0. The van der Waals surface area contributed by atoms with Crippen LogP contribution in [0.25, 0.3) is 22.6 Å². The normalized spacial score (nSPS) is 13.9. The van der Waals surface area contributed by atoms with Gasteiger partial charge in [-0.1, -0.05) is 58.3 Å². The predicted molar refractivity (Wildman–Crippen MR) is 151 cm³/mol. The highest BCUT2D eigenvalue weighted by Crippen LogP contribution is 2.25. The van der Waals surface area contributed by atoms with Gasteiger partial charge in [0.2, 0.25) is 0 Å². The van der Waals surface area contributed by atoms with Gasteiger partial charge in [0.1, 0.15) is 12.2 Å². The number of carbonyl (C=O) groups excluding carboxylic acids is 1. The second-order valence-electron chi connectivity index (χ2n) is 10.5. The van der Waals surface area contributed by atoms with Gasteiger partial charge in [0, 0.05) is 6.42 Å². The van der Waals surface area contributed by atoms with Crippen LogP contribution in [0.15, 0.2) is 21.7 Å². The number of aromatic amines is 1. The fourth-order valence-electron chi connectivity index (χ4n) is 4.80. The van der Waals surface area contributed by atoms with Gasteiger partial charge in [-0.2, -0.15) is 4.98 Å². The summed E-state index contributed by atoms with van der Waals surface area (Å²) in [5.41, 5.74) is 1.07. The summed E-state index contributed by atoms with van der Waals surface area (Å²) < 4.78 is 6.74. The number of hydrogen-bond donors (Lipinski definition) is 4. The molecule has 1 aromatic carbocycles. The molecule has 2 heterocycles. The molecular formula is C29H42N4O7. The van der Waals surface area contributed by atoms with Crippen molar-refractivity contribution in [3.63, 3.8) is 0 Å². The Morgan fingerprint density at radius 2 is 1.60 bits per heavy atom. The number of aromatic nitrogens is 4. The van der Waals surface area contributed by atoms with Gasteiger partial charge in [-0.3, -0.25) is 14.6 Å². The summed E-state index contributed by atoms with van der Waals surface area (Å²) in [6, 6.07) is 3.57. The Hall–Kier alpha value is -3.15. The molecule has 2 aliphatic rings. The number of ether oxygens (including phenoxy) is 1. The summed E-state index contributed by atoms with van der Waals surface area (Å²) in [5, 5.41) is 31.5.